The first kappa shape index (κ1) is 15.7. The number of benzene rings is 1. The van der Waals surface area contributed by atoms with E-state index < -0.39 is 0 Å². The number of fused-ring (bicyclic) bond motifs is 1. The fourth-order valence-corrected chi connectivity index (χ4v) is 2.33. The molecule has 7 heteroatoms. The number of rotatable bonds is 4. The number of ether oxygens (including phenoxy) is 1. The highest BCUT2D eigenvalue weighted by Crippen LogP contribution is 2.26. The van der Waals surface area contributed by atoms with Gasteiger partial charge in [0, 0.05) is 18.2 Å². The fourth-order valence-electron chi connectivity index (χ4n) is 2.33. The summed E-state index contributed by atoms with van der Waals surface area (Å²) in [5.41, 5.74) is 9.29. The van der Waals surface area contributed by atoms with Gasteiger partial charge in [0.25, 0.3) is 0 Å². The van der Waals surface area contributed by atoms with Gasteiger partial charge in [0.1, 0.15) is 0 Å². The first-order valence-corrected chi connectivity index (χ1v) is 7.52. The second-order valence-electron chi connectivity index (χ2n) is 5.14. The van der Waals surface area contributed by atoms with Gasteiger partial charge in [0.05, 0.1) is 17.8 Å². The van der Waals surface area contributed by atoms with Gasteiger partial charge >= 0.3 is 0 Å². The lowest BCUT2D eigenvalue weighted by atomic mass is 10.1. The van der Waals surface area contributed by atoms with Crippen LogP contribution in [0.2, 0.25) is 0 Å². The number of carbonyl (C=O) groups is 1. The van der Waals surface area contributed by atoms with Crippen molar-refractivity contribution < 1.29 is 9.53 Å². The minimum Gasteiger partial charge on any atom is -0.476 e. The van der Waals surface area contributed by atoms with Crippen LogP contribution in [0.15, 0.2) is 36.4 Å². The second kappa shape index (κ2) is 6.49. The zero-order valence-corrected chi connectivity index (χ0v) is 13.4. The minimum atomic E-state index is -0.109. The molecule has 3 rings (SSSR count). The zero-order chi connectivity index (χ0) is 17.1. The van der Waals surface area contributed by atoms with E-state index in [2.05, 4.69) is 20.3 Å². The first-order chi connectivity index (χ1) is 11.6. The number of anilines is 2. The molecule has 3 aromatic rings. The molecule has 0 bridgehead atoms. The average molecular weight is 323 g/mol. The smallest absolute Gasteiger partial charge is 0.245 e. The van der Waals surface area contributed by atoms with Crippen molar-refractivity contribution >= 4 is 28.6 Å². The molecule has 0 radical (unpaired) electrons. The second-order valence-corrected chi connectivity index (χ2v) is 5.14. The predicted molar refractivity (Wildman–Crippen MR) is 92.7 cm³/mol. The van der Waals surface area contributed by atoms with E-state index in [-0.39, 0.29) is 11.9 Å². The molecule has 24 heavy (non-hydrogen) atoms. The van der Waals surface area contributed by atoms with Crippen molar-refractivity contribution in [3.05, 3.63) is 36.4 Å². The largest absolute Gasteiger partial charge is 0.476 e. The molecule has 0 atom stereocenters. The molecule has 0 saturated carbocycles. The van der Waals surface area contributed by atoms with Gasteiger partial charge in [-0.25, -0.2) is 9.97 Å². The first-order valence-electron chi connectivity index (χ1n) is 7.52. The molecular formula is C17H17N5O2. The van der Waals surface area contributed by atoms with Crippen molar-refractivity contribution in [2.75, 3.05) is 17.7 Å². The van der Waals surface area contributed by atoms with E-state index in [0.717, 1.165) is 16.9 Å². The topological polar surface area (TPSA) is 103 Å². The zero-order valence-electron chi connectivity index (χ0n) is 13.4. The molecule has 7 nitrogen and oxygen atoms in total. The van der Waals surface area contributed by atoms with Crippen molar-refractivity contribution in [2.24, 2.45) is 0 Å². The Labute approximate surface area is 138 Å². The van der Waals surface area contributed by atoms with E-state index in [1.54, 1.807) is 0 Å². The molecule has 2 heterocycles. The molecule has 0 fully saturated rings. The monoisotopic (exact) mass is 323 g/mol. The van der Waals surface area contributed by atoms with Gasteiger partial charge in [-0.15, -0.1) is 0 Å². The molecular weight excluding hydrogens is 306 g/mol. The number of nitrogens with two attached hydrogens (primary N) is 1. The number of hydrogen-bond donors (Lipinski definition) is 2. The molecule has 1 aromatic carbocycles. The Morgan fingerprint density at radius 3 is 2.54 bits per heavy atom. The summed E-state index contributed by atoms with van der Waals surface area (Å²) in [6.45, 7) is 3.80. The van der Waals surface area contributed by atoms with Gasteiger partial charge < -0.3 is 15.8 Å². The molecule has 0 saturated heterocycles. The number of amides is 1. The van der Waals surface area contributed by atoms with Crippen LogP contribution in [-0.4, -0.2) is 27.5 Å². The third kappa shape index (κ3) is 3.24. The summed E-state index contributed by atoms with van der Waals surface area (Å²) in [6, 6.07) is 11.1. The number of aromatic nitrogens is 3. The van der Waals surface area contributed by atoms with E-state index in [0.29, 0.717) is 23.5 Å². The molecule has 0 unspecified atom stereocenters. The molecule has 1 amide bonds. The van der Waals surface area contributed by atoms with Crippen molar-refractivity contribution in [3.8, 4) is 17.1 Å². The maximum Gasteiger partial charge on any atom is 0.245 e. The van der Waals surface area contributed by atoms with E-state index in [1.165, 1.54) is 6.92 Å². The summed E-state index contributed by atoms with van der Waals surface area (Å²) in [5, 5.41) is 2.73. The van der Waals surface area contributed by atoms with E-state index in [9.17, 15) is 4.79 Å². The highest BCUT2D eigenvalue weighted by Gasteiger charge is 2.11. The van der Waals surface area contributed by atoms with Gasteiger partial charge in [-0.2, -0.15) is 4.98 Å². The third-order valence-electron chi connectivity index (χ3n) is 3.31. The fraction of sp³-hybridized carbons (Fsp3) is 0.176. The summed E-state index contributed by atoms with van der Waals surface area (Å²) in [6.07, 6.45) is 0. The predicted octanol–water partition coefficient (Wildman–Crippen LogP) is 2.63. The number of hydrogen-bond acceptors (Lipinski definition) is 6. The maximum absolute atomic E-state index is 11.1. The lowest BCUT2D eigenvalue weighted by Crippen LogP contribution is -2.05. The molecule has 2 aromatic heterocycles. The van der Waals surface area contributed by atoms with E-state index in [4.69, 9.17) is 10.5 Å². The Balaban J connectivity index is 2.02. The van der Waals surface area contributed by atoms with Crippen LogP contribution >= 0.6 is 0 Å². The Bertz CT molecular complexity index is 893. The van der Waals surface area contributed by atoms with Crippen LogP contribution in [0.25, 0.3) is 22.3 Å². The molecule has 0 aliphatic carbocycles. The van der Waals surface area contributed by atoms with Crippen LogP contribution < -0.4 is 15.8 Å². The Kier molecular flexibility index (Phi) is 4.24. The normalized spacial score (nSPS) is 10.6. The molecule has 3 N–H and O–H groups in total. The van der Waals surface area contributed by atoms with Gasteiger partial charge in [-0.05, 0) is 31.2 Å². The summed E-state index contributed by atoms with van der Waals surface area (Å²) in [4.78, 5) is 24.0. The van der Waals surface area contributed by atoms with Crippen molar-refractivity contribution in [2.45, 2.75) is 13.8 Å². The van der Waals surface area contributed by atoms with Crippen LogP contribution in [0.4, 0.5) is 11.6 Å². The molecule has 0 aliphatic heterocycles. The Morgan fingerprint density at radius 1 is 1.12 bits per heavy atom. The standard InChI is InChI=1S/C17H17N5O2/c1-3-24-16-15-14(21-17(18)22-16)9-8-13(20-15)11-4-6-12(7-5-11)19-10(2)23/h4-9H,3H2,1-2H3,(H,19,23)(H2,18,21,22). The number of nitrogens with one attached hydrogen (secondary N) is 1. The van der Waals surface area contributed by atoms with Crippen LogP contribution in [0.5, 0.6) is 5.88 Å². The van der Waals surface area contributed by atoms with Crippen LogP contribution in [0.3, 0.4) is 0 Å². The Morgan fingerprint density at radius 2 is 1.88 bits per heavy atom. The SMILES string of the molecule is CCOc1nc(N)nc2ccc(-c3ccc(NC(C)=O)cc3)nc12. The summed E-state index contributed by atoms with van der Waals surface area (Å²) >= 11 is 0. The number of pyridine rings is 1. The van der Waals surface area contributed by atoms with Gasteiger partial charge in [0.15, 0.2) is 5.52 Å². The minimum absolute atomic E-state index is 0.109. The Hall–Kier alpha value is -3.22. The highest BCUT2D eigenvalue weighted by molar-refractivity contribution is 5.89. The lowest BCUT2D eigenvalue weighted by molar-refractivity contribution is -0.114. The van der Waals surface area contributed by atoms with Gasteiger partial charge in [-0.1, -0.05) is 12.1 Å². The van der Waals surface area contributed by atoms with Crippen molar-refractivity contribution in [3.63, 3.8) is 0 Å². The maximum atomic E-state index is 11.1. The summed E-state index contributed by atoms with van der Waals surface area (Å²) < 4.78 is 5.51. The van der Waals surface area contributed by atoms with Crippen LogP contribution in [0, 0.1) is 0 Å². The number of carbonyl (C=O) groups excluding carboxylic acids is 1. The van der Waals surface area contributed by atoms with Crippen LogP contribution in [0.1, 0.15) is 13.8 Å². The molecule has 122 valence electrons. The van der Waals surface area contributed by atoms with Gasteiger partial charge in [0.2, 0.25) is 17.7 Å². The van der Waals surface area contributed by atoms with Crippen molar-refractivity contribution in [1.29, 1.82) is 0 Å². The lowest BCUT2D eigenvalue weighted by Gasteiger charge is -2.09. The molecule has 0 spiro atoms. The quantitative estimate of drug-likeness (QED) is 0.765. The van der Waals surface area contributed by atoms with E-state index >= 15 is 0 Å². The average Bonchev–Trinajstić information content (AvgIpc) is 2.55. The third-order valence-corrected chi connectivity index (χ3v) is 3.31. The molecule has 0 aliphatic rings. The number of nitrogen functional groups attached to an aromatic ring is 1. The van der Waals surface area contributed by atoms with Crippen molar-refractivity contribution in [1.82, 2.24) is 15.0 Å². The summed E-state index contributed by atoms with van der Waals surface area (Å²) in [7, 11) is 0. The van der Waals surface area contributed by atoms with E-state index in [1.807, 2.05) is 43.3 Å². The van der Waals surface area contributed by atoms with Gasteiger partial charge in [-0.3, -0.25) is 4.79 Å². The summed E-state index contributed by atoms with van der Waals surface area (Å²) in [5.74, 6) is 0.416. The van der Waals surface area contributed by atoms with Crippen LogP contribution in [-0.2, 0) is 4.79 Å². The number of nitrogens with zero attached hydrogens (tertiary/aromatic N) is 3. The highest BCUT2D eigenvalue weighted by atomic mass is 16.5.